The maximum Gasteiger partial charge on any atom is 0.128 e. The molecule has 0 bridgehead atoms. The van der Waals surface area contributed by atoms with Gasteiger partial charge in [-0.15, -0.1) is 0 Å². The van der Waals surface area contributed by atoms with Crippen molar-refractivity contribution >= 4 is 0 Å². The van der Waals surface area contributed by atoms with Gasteiger partial charge in [-0.1, -0.05) is 29.8 Å². The normalized spacial score (nSPS) is 14.2. The van der Waals surface area contributed by atoms with E-state index < -0.39 is 5.54 Å². The molecule has 3 heteroatoms. The summed E-state index contributed by atoms with van der Waals surface area (Å²) in [5, 5.41) is 0. The van der Waals surface area contributed by atoms with Crippen molar-refractivity contribution in [3.05, 3.63) is 70.8 Å². The minimum Gasteiger partial charge on any atom is -0.321 e. The Kier molecular flexibility index (Phi) is 3.67. The molecule has 0 fully saturated rings. The lowest BCUT2D eigenvalue weighted by atomic mass is 9.85. The summed E-state index contributed by atoms with van der Waals surface area (Å²) in [5.41, 5.74) is 7.75. The molecule has 0 saturated carbocycles. The van der Waals surface area contributed by atoms with E-state index in [1.165, 1.54) is 18.2 Å². The standard InChI is InChI=1S/C16H17F2N/c1-11-3-8-15(18)14(9-11)16(2,19)10-12-4-6-13(17)7-5-12/h3-9H,10,19H2,1-2H3. The van der Waals surface area contributed by atoms with Crippen molar-refractivity contribution in [2.24, 2.45) is 5.73 Å². The molecule has 2 aromatic carbocycles. The summed E-state index contributed by atoms with van der Waals surface area (Å²) in [6, 6.07) is 11.0. The monoisotopic (exact) mass is 261 g/mol. The number of aryl methyl sites for hydroxylation is 1. The maximum atomic E-state index is 13.9. The van der Waals surface area contributed by atoms with Crippen LogP contribution in [-0.2, 0) is 12.0 Å². The predicted octanol–water partition coefficient (Wildman–Crippen LogP) is 3.69. The van der Waals surface area contributed by atoms with Gasteiger partial charge in [-0.25, -0.2) is 8.78 Å². The molecule has 19 heavy (non-hydrogen) atoms. The topological polar surface area (TPSA) is 26.0 Å². The van der Waals surface area contributed by atoms with E-state index in [0.717, 1.165) is 11.1 Å². The van der Waals surface area contributed by atoms with Crippen molar-refractivity contribution in [3.63, 3.8) is 0 Å². The minimum absolute atomic E-state index is 0.288. The van der Waals surface area contributed by atoms with Gasteiger partial charge in [0.25, 0.3) is 0 Å². The van der Waals surface area contributed by atoms with Crippen LogP contribution in [0.15, 0.2) is 42.5 Å². The summed E-state index contributed by atoms with van der Waals surface area (Å²) in [4.78, 5) is 0. The highest BCUT2D eigenvalue weighted by molar-refractivity contribution is 5.32. The smallest absolute Gasteiger partial charge is 0.128 e. The van der Waals surface area contributed by atoms with Gasteiger partial charge < -0.3 is 5.73 Å². The van der Waals surface area contributed by atoms with Gasteiger partial charge in [0.2, 0.25) is 0 Å². The van der Waals surface area contributed by atoms with E-state index in [9.17, 15) is 8.78 Å². The Morgan fingerprint density at radius 3 is 2.32 bits per heavy atom. The van der Waals surface area contributed by atoms with Crippen LogP contribution in [0.5, 0.6) is 0 Å². The van der Waals surface area contributed by atoms with Crippen LogP contribution in [0.25, 0.3) is 0 Å². The Morgan fingerprint density at radius 1 is 1.05 bits per heavy atom. The van der Waals surface area contributed by atoms with E-state index in [4.69, 9.17) is 5.73 Å². The van der Waals surface area contributed by atoms with Gasteiger partial charge >= 0.3 is 0 Å². The number of hydrogen-bond donors (Lipinski definition) is 1. The van der Waals surface area contributed by atoms with E-state index in [1.807, 2.05) is 6.92 Å². The summed E-state index contributed by atoms with van der Waals surface area (Å²) in [7, 11) is 0. The molecular weight excluding hydrogens is 244 g/mol. The molecule has 2 aromatic rings. The van der Waals surface area contributed by atoms with Crippen molar-refractivity contribution in [1.29, 1.82) is 0 Å². The second-order valence-corrected chi connectivity index (χ2v) is 5.20. The Morgan fingerprint density at radius 2 is 1.68 bits per heavy atom. The quantitative estimate of drug-likeness (QED) is 0.896. The zero-order chi connectivity index (χ0) is 14.0. The second kappa shape index (κ2) is 5.10. The molecular formula is C16H17F2N. The molecule has 0 aliphatic rings. The number of rotatable bonds is 3. The highest BCUT2D eigenvalue weighted by Gasteiger charge is 2.25. The first kappa shape index (κ1) is 13.7. The molecule has 0 aliphatic carbocycles. The Hall–Kier alpha value is -1.74. The number of nitrogens with two attached hydrogens (primary N) is 1. The van der Waals surface area contributed by atoms with Crippen molar-refractivity contribution in [2.75, 3.05) is 0 Å². The average molecular weight is 261 g/mol. The molecule has 2 rings (SSSR count). The third-order valence-electron chi connectivity index (χ3n) is 3.22. The molecule has 0 heterocycles. The number of hydrogen-bond acceptors (Lipinski definition) is 1. The Balaban J connectivity index is 2.31. The maximum absolute atomic E-state index is 13.9. The largest absolute Gasteiger partial charge is 0.321 e. The molecule has 0 spiro atoms. The molecule has 1 nitrogen and oxygen atoms in total. The Labute approximate surface area is 112 Å². The first-order valence-electron chi connectivity index (χ1n) is 6.18. The molecule has 0 aliphatic heterocycles. The van der Waals surface area contributed by atoms with Crippen LogP contribution in [0, 0.1) is 18.6 Å². The predicted molar refractivity (Wildman–Crippen MR) is 72.8 cm³/mol. The molecule has 0 amide bonds. The summed E-state index contributed by atoms with van der Waals surface area (Å²) in [6.45, 7) is 3.69. The van der Waals surface area contributed by atoms with Crippen LogP contribution < -0.4 is 5.73 Å². The third-order valence-corrected chi connectivity index (χ3v) is 3.22. The van der Waals surface area contributed by atoms with Gasteiger partial charge in [0.15, 0.2) is 0 Å². The van der Waals surface area contributed by atoms with Gasteiger partial charge in [0.05, 0.1) is 0 Å². The van der Waals surface area contributed by atoms with Gasteiger partial charge in [0.1, 0.15) is 11.6 Å². The van der Waals surface area contributed by atoms with E-state index >= 15 is 0 Å². The van der Waals surface area contributed by atoms with Crippen LogP contribution in [0.2, 0.25) is 0 Å². The zero-order valence-electron chi connectivity index (χ0n) is 11.1. The molecule has 1 unspecified atom stereocenters. The summed E-state index contributed by atoms with van der Waals surface area (Å²) in [6.07, 6.45) is 0.452. The first-order chi connectivity index (χ1) is 8.88. The van der Waals surface area contributed by atoms with Crippen molar-refractivity contribution < 1.29 is 8.78 Å². The van der Waals surface area contributed by atoms with Crippen molar-refractivity contribution in [1.82, 2.24) is 0 Å². The second-order valence-electron chi connectivity index (χ2n) is 5.20. The lowest BCUT2D eigenvalue weighted by Crippen LogP contribution is -2.36. The van der Waals surface area contributed by atoms with Gasteiger partial charge in [-0.05, 0) is 44.0 Å². The van der Waals surface area contributed by atoms with Crippen LogP contribution >= 0.6 is 0 Å². The van der Waals surface area contributed by atoms with Crippen molar-refractivity contribution in [3.8, 4) is 0 Å². The van der Waals surface area contributed by atoms with E-state index in [2.05, 4.69) is 0 Å². The Bertz CT molecular complexity index is 574. The molecule has 1 atom stereocenters. The number of benzene rings is 2. The fourth-order valence-electron chi connectivity index (χ4n) is 2.20. The van der Waals surface area contributed by atoms with Crippen LogP contribution in [0.4, 0.5) is 8.78 Å². The zero-order valence-corrected chi connectivity index (χ0v) is 11.1. The van der Waals surface area contributed by atoms with E-state index in [0.29, 0.717) is 12.0 Å². The SMILES string of the molecule is Cc1ccc(F)c(C(C)(N)Cc2ccc(F)cc2)c1. The highest BCUT2D eigenvalue weighted by atomic mass is 19.1. The average Bonchev–Trinajstić information content (AvgIpc) is 2.35. The third kappa shape index (κ3) is 3.18. The van der Waals surface area contributed by atoms with Gasteiger partial charge in [-0.2, -0.15) is 0 Å². The molecule has 0 saturated heterocycles. The van der Waals surface area contributed by atoms with Crippen LogP contribution in [-0.4, -0.2) is 0 Å². The van der Waals surface area contributed by atoms with Gasteiger partial charge in [-0.3, -0.25) is 0 Å². The summed E-state index contributed by atoms with van der Waals surface area (Å²) in [5.74, 6) is -0.595. The lowest BCUT2D eigenvalue weighted by molar-refractivity contribution is 0.456. The molecule has 0 radical (unpaired) electrons. The van der Waals surface area contributed by atoms with Gasteiger partial charge in [0, 0.05) is 11.1 Å². The fourth-order valence-corrected chi connectivity index (χ4v) is 2.20. The molecule has 0 aromatic heterocycles. The summed E-state index contributed by atoms with van der Waals surface area (Å²) >= 11 is 0. The molecule has 100 valence electrons. The van der Waals surface area contributed by atoms with E-state index in [1.54, 1.807) is 31.2 Å². The van der Waals surface area contributed by atoms with Crippen LogP contribution in [0.1, 0.15) is 23.6 Å². The minimum atomic E-state index is -0.825. The summed E-state index contributed by atoms with van der Waals surface area (Å²) < 4.78 is 26.8. The first-order valence-corrected chi connectivity index (χ1v) is 6.18. The molecule has 2 N–H and O–H groups in total. The van der Waals surface area contributed by atoms with Crippen molar-refractivity contribution in [2.45, 2.75) is 25.8 Å². The van der Waals surface area contributed by atoms with Crippen LogP contribution in [0.3, 0.4) is 0 Å². The number of halogens is 2. The lowest BCUT2D eigenvalue weighted by Gasteiger charge is -2.26. The fraction of sp³-hybridized carbons (Fsp3) is 0.250. The van der Waals surface area contributed by atoms with E-state index in [-0.39, 0.29) is 11.6 Å². The highest BCUT2D eigenvalue weighted by Crippen LogP contribution is 2.26.